The predicted molar refractivity (Wildman–Crippen MR) is 149 cm³/mol. The number of hydrogen-bond donors (Lipinski definition) is 5. The van der Waals surface area contributed by atoms with Gasteiger partial charge >= 0.3 is 11.9 Å². The maximum Gasteiger partial charge on any atom is 0.339 e. The van der Waals surface area contributed by atoms with Gasteiger partial charge in [0.05, 0.1) is 35.2 Å². The molecule has 0 fully saturated rings. The summed E-state index contributed by atoms with van der Waals surface area (Å²) in [5.74, 6) is -3.79. The normalized spacial score (nSPS) is 10.9. The molecule has 0 radical (unpaired) electrons. The summed E-state index contributed by atoms with van der Waals surface area (Å²) in [4.78, 5) is 40.1. The van der Waals surface area contributed by atoms with Gasteiger partial charge in [0.1, 0.15) is 34.0 Å². The van der Waals surface area contributed by atoms with Crippen LogP contribution in [0.1, 0.15) is 50.8 Å². The van der Waals surface area contributed by atoms with E-state index in [0.29, 0.717) is 17.9 Å². The number of rotatable bonds is 10. The zero-order valence-corrected chi connectivity index (χ0v) is 22.5. The van der Waals surface area contributed by atoms with Gasteiger partial charge in [-0.2, -0.15) is 0 Å². The zero-order valence-electron chi connectivity index (χ0n) is 22.5. The summed E-state index contributed by atoms with van der Waals surface area (Å²) in [5.41, 5.74) is 1.51. The van der Waals surface area contributed by atoms with Crippen molar-refractivity contribution in [2.75, 3.05) is 6.54 Å². The van der Waals surface area contributed by atoms with Crippen molar-refractivity contribution in [3.8, 4) is 45.6 Å². The van der Waals surface area contributed by atoms with Crippen LogP contribution in [0.2, 0.25) is 0 Å². The van der Waals surface area contributed by atoms with Crippen molar-refractivity contribution in [2.45, 2.75) is 19.8 Å². The number of carbonyl (C=O) groups is 3. The number of aromatic nitrogens is 7. The molecule has 5 aromatic rings. The van der Waals surface area contributed by atoms with E-state index in [4.69, 9.17) is 10.2 Å². The van der Waals surface area contributed by atoms with Crippen molar-refractivity contribution in [2.24, 2.45) is 0 Å². The van der Waals surface area contributed by atoms with Gasteiger partial charge in [-0.15, -0.1) is 10.2 Å². The Balaban J connectivity index is 1.52. The molecule has 3 heterocycles. The number of unbranched alkanes of at least 4 members (excludes halogenated alkanes) is 1. The molecule has 43 heavy (non-hydrogen) atoms. The minimum absolute atomic E-state index is 0.265. The lowest BCUT2D eigenvalue weighted by atomic mass is 10.1. The summed E-state index contributed by atoms with van der Waals surface area (Å²) >= 11 is 0. The second-order valence-electron chi connectivity index (χ2n) is 9.35. The summed E-state index contributed by atoms with van der Waals surface area (Å²) in [6.45, 7) is 2.48. The summed E-state index contributed by atoms with van der Waals surface area (Å²) in [7, 11) is 0. The number of aromatic hydroxyl groups is 2. The summed E-state index contributed by atoms with van der Waals surface area (Å²) < 4.78 is 2.64. The Morgan fingerprint density at radius 1 is 0.744 bits per heavy atom. The standard InChI is InChI=1S/C28H24N8O7/c1-2-3-8-29-26(39)15-9-20(22-13-35(33-31-22)16-4-6-18(27(40)41)24(37)11-16)30-21(10-15)23-14-36(34-32-23)17-5-7-19(28(42)43)25(38)12-17/h4-7,9-14,37-38H,2-3,8H2,1H3,(H,29,39)(H,40,41)(H,42,43). The molecule has 0 bridgehead atoms. The molecule has 5 N–H and O–H groups in total. The molecule has 218 valence electrons. The highest BCUT2D eigenvalue weighted by Crippen LogP contribution is 2.26. The molecule has 15 heteroatoms. The Morgan fingerprint density at radius 3 is 1.65 bits per heavy atom. The first-order chi connectivity index (χ1) is 20.6. The summed E-state index contributed by atoms with van der Waals surface area (Å²) in [6, 6.07) is 10.9. The molecule has 0 unspecified atom stereocenters. The van der Waals surface area contributed by atoms with Gasteiger partial charge in [-0.05, 0) is 42.8 Å². The highest BCUT2D eigenvalue weighted by Gasteiger charge is 2.18. The molecular weight excluding hydrogens is 560 g/mol. The quantitative estimate of drug-likeness (QED) is 0.150. The summed E-state index contributed by atoms with van der Waals surface area (Å²) in [6.07, 6.45) is 4.69. The Labute approximate surface area is 242 Å². The van der Waals surface area contributed by atoms with Gasteiger partial charge in [0.25, 0.3) is 5.91 Å². The number of nitrogens with one attached hydrogen (secondary N) is 1. The Morgan fingerprint density at radius 2 is 1.23 bits per heavy atom. The predicted octanol–water partition coefficient (Wildman–Crippen LogP) is 2.91. The van der Waals surface area contributed by atoms with Crippen LogP contribution < -0.4 is 5.32 Å². The Bertz CT molecular complexity index is 1740. The lowest BCUT2D eigenvalue weighted by Gasteiger charge is -2.08. The van der Waals surface area contributed by atoms with E-state index in [-0.39, 0.29) is 45.4 Å². The smallest absolute Gasteiger partial charge is 0.339 e. The number of hydrogen-bond acceptors (Lipinski definition) is 10. The third-order valence-corrected chi connectivity index (χ3v) is 6.37. The minimum Gasteiger partial charge on any atom is -0.507 e. The van der Waals surface area contributed by atoms with Crippen LogP contribution in [0.3, 0.4) is 0 Å². The monoisotopic (exact) mass is 584 g/mol. The van der Waals surface area contributed by atoms with Gasteiger partial charge in [-0.3, -0.25) is 4.79 Å². The van der Waals surface area contributed by atoms with Gasteiger partial charge in [-0.25, -0.2) is 23.9 Å². The van der Waals surface area contributed by atoms with Crippen LogP contribution >= 0.6 is 0 Å². The average Bonchev–Trinajstić information content (AvgIpc) is 3.68. The van der Waals surface area contributed by atoms with Crippen molar-refractivity contribution >= 4 is 17.8 Å². The van der Waals surface area contributed by atoms with E-state index in [1.165, 1.54) is 70.3 Å². The molecule has 0 aliphatic rings. The van der Waals surface area contributed by atoms with E-state index in [9.17, 15) is 24.6 Å². The number of aromatic carboxylic acids is 2. The van der Waals surface area contributed by atoms with Gasteiger partial charge in [-0.1, -0.05) is 23.8 Å². The lowest BCUT2D eigenvalue weighted by Crippen LogP contribution is -2.24. The first kappa shape index (κ1) is 28.4. The van der Waals surface area contributed by atoms with Crippen molar-refractivity contribution in [1.82, 2.24) is 40.3 Å². The van der Waals surface area contributed by atoms with Gasteiger partial charge in [0.15, 0.2) is 0 Å². The maximum absolute atomic E-state index is 13.0. The van der Waals surface area contributed by atoms with Crippen LogP contribution in [0.25, 0.3) is 34.2 Å². The fourth-order valence-electron chi connectivity index (χ4n) is 4.11. The number of benzene rings is 2. The molecule has 0 saturated carbocycles. The molecule has 0 aliphatic carbocycles. The number of carboxylic acids is 2. The molecule has 0 aliphatic heterocycles. The van der Waals surface area contributed by atoms with Crippen LogP contribution in [-0.4, -0.2) is 79.8 Å². The van der Waals surface area contributed by atoms with E-state index in [0.717, 1.165) is 12.8 Å². The first-order valence-corrected chi connectivity index (χ1v) is 12.9. The van der Waals surface area contributed by atoms with Gasteiger partial charge < -0.3 is 25.7 Å². The fraction of sp³-hybridized carbons (Fsp3) is 0.143. The number of phenols is 2. The SMILES string of the molecule is CCCCNC(=O)c1cc(-c2cn(-c3ccc(C(=O)O)c(O)c3)nn2)nc(-c2cn(-c3ccc(C(=O)O)c(O)c3)nn2)c1. The van der Waals surface area contributed by atoms with E-state index < -0.39 is 23.4 Å². The van der Waals surface area contributed by atoms with Crippen LogP contribution in [0, 0.1) is 0 Å². The van der Waals surface area contributed by atoms with E-state index in [1.54, 1.807) is 0 Å². The molecule has 3 aromatic heterocycles. The molecule has 0 spiro atoms. The molecule has 2 aromatic carbocycles. The molecule has 15 nitrogen and oxygen atoms in total. The molecule has 5 rings (SSSR count). The van der Waals surface area contributed by atoms with E-state index in [1.807, 2.05) is 6.92 Å². The maximum atomic E-state index is 13.0. The topological polar surface area (TPSA) is 218 Å². The molecular formula is C28H24N8O7. The van der Waals surface area contributed by atoms with Crippen LogP contribution in [0.15, 0.2) is 60.9 Å². The van der Waals surface area contributed by atoms with Crippen LogP contribution in [0.4, 0.5) is 0 Å². The Hall–Kier alpha value is -6.12. The summed E-state index contributed by atoms with van der Waals surface area (Å²) in [5, 5.41) is 57.8. The number of pyridine rings is 1. The minimum atomic E-state index is -1.28. The zero-order chi connectivity index (χ0) is 30.7. The number of amides is 1. The third-order valence-electron chi connectivity index (χ3n) is 6.37. The van der Waals surface area contributed by atoms with Gasteiger partial charge in [0, 0.05) is 24.2 Å². The second-order valence-corrected chi connectivity index (χ2v) is 9.35. The third kappa shape index (κ3) is 6.00. The number of carbonyl (C=O) groups excluding carboxylic acids is 1. The number of nitrogens with zero attached hydrogens (tertiary/aromatic N) is 7. The number of carboxylic acid groups (broad SMARTS) is 2. The van der Waals surface area contributed by atoms with Crippen LogP contribution in [-0.2, 0) is 0 Å². The fourth-order valence-corrected chi connectivity index (χ4v) is 4.11. The molecule has 1 amide bonds. The van der Waals surface area contributed by atoms with Gasteiger partial charge in [0.2, 0.25) is 0 Å². The molecule has 0 atom stereocenters. The largest absolute Gasteiger partial charge is 0.507 e. The molecule has 0 saturated heterocycles. The highest BCUT2D eigenvalue weighted by molar-refractivity contribution is 5.96. The Kier molecular flexibility index (Phi) is 7.78. The van der Waals surface area contributed by atoms with Crippen molar-refractivity contribution in [3.63, 3.8) is 0 Å². The van der Waals surface area contributed by atoms with Crippen LogP contribution in [0.5, 0.6) is 11.5 Å². The highest BCUT2D eigenvalue weighted by atomic mass is 16.4. The van der Waals surface area contributed by atoms with E-state index >= 15 is 0 Å². The van der Waals surface area contributed by atoms with Crippen molar-refractivity contribution in [3.05, 3.63) is 77.6 Å². The lowest BCUT2D eigenvalue weighted by molar-refractivity contribution is 0.0682. The first-order valence-electron chi connectivity index (χ1n) is 12.9. The average molecular weight is 585 g/mol. The van der Waals surface area contributed by atoms with E-state index in [2.05, 4.69) is 30.9 Å². The van der Waals surface area contributed by atoms with Crippen molar-refractivity contribution < 1.29 is 34.8 Å². The second kappa shape index (κ2) is 11.8. The van der Waals surface area contributed by atoms with Crippen molar-refractivity contribution in [1.29, 1.82) is 0 Å².